The molecule has 1 rings (SSSR count). The summed E-state index contributed by atoms with van der Waals surface area (Å²) in [6.45, 7) is 10.0. The molecular formula is C17H30N2O. The summed E-state index contributed by atoms with van der Waals surface area (Å²) in [7, 11) is 2.14. The number of ether oxygens (including phenoxy) is 1. The normalized spacial score (nSPS) is 12.4. The summed E-state index contributed by atoms with van der Waals surface area (Å²) < 4.78 is 5.46. The van der Waals surface area contributed by atoms with Gasteiger partial charge < -0.3 is 15.0 Å². The third-order valence-electron chi connectivity index (χ3n) is 3.55. The molecule has 0 fully saturated rings. The van der Waals surface area contributed by atoms with E-state index in [0.717, 1.165) is 32.7 Å². The number of nitrogens with one attached hydrogen (secondary N) is 1. The Morgan fingerprint density at radius 2 is 1.95 bits per heavy atom. The highest BCUT2D eigenvalue weighted by molar-refractivity contribution is 5.54. The van der Waals surface area contributed by atoms with Crippen LogP contribution in [0.3, 0.4) is 0 Å². The van der Waals surface area contributed by atoms with Crippen LogP contribution in [0.1, 0.15) is 45.2 Å². The molecule has 0 spiro atoms. The molecule has 0 aliphatic heterocycles. The number of likely N-dealkylation sites (N-methyl/N-ethyl adjacent to an activating group) is 1. The average molecular weight is 278 g/mol. The molecule has 1 aromatic carbocycles. The fraction of sp³-hybridized carbons (Fsp3) is 0.647. The van der Waals surface area contributed by atoms with Gasteiger partial charge in [0.15, 0.2) is 0 Å². The van der Waals surface area contributed by atoms with Crippen LogP contribution in [0.15, 0.2) is 24.3 Å². The average Bonchev–Trinajstić information content (AvgIpc) is 2.48. The van der Waals surface area contributed by atoms with Crippen molar-refractivity contribution in [2.24, 2.45) is 0 Å². The van der Waals surface area contributed by atoms with Crippen LogP contribution < -0.4 is 10.2 Å². The molecule has 0 aromatic heterocycles. The van der Waals surface area contributed by atoms with E-state index in [9.17, 15) is 0 Å². The molecule has 20 heavy (non-hydrogen) atoms. The van der Waals surface area contributed by atoms with Crippen molar-refractivity contribution in [1.29, 1.82) is 0 Å². The molecule has 0 saturated heterocycles. The summed E-state index contributed by atoms with van der Waals surface area (Å²) in [5.41, 5.74) is 2.70. The quantitative estimate of drug-likeness (QED) is 0.662. The molecule has 0 heterocycles. The van der Waals surface area contributed by atoms with Crippen LogP contribution in [0.5, 0.6) is 0 Å². The van der Waals surface area contributed by atoms with Crippen molar-refractivity contribution in [1.82, 2.24) is 5.32 Å². The molecule has 0 radical (unpaired) electrons. The maximum atomic E-state index is 5.46. The van der Waals surface area contributed by atoms with Gasteiger partial charge in [-0.2, -0.15) is 0 Å². The Balaban J connectivity index is 2.79. The Morgan fingerprint density at radius 3 is 2.60 bits per heavy atom. The largest absolute Gasteiger partial charge is 0.380 e. The van der Waals surface area contributed by atoms with E-state index in [2.05, 4.69) is 55.4 Å². The number of hydrogen-bond donors (Lipinski definition) is 1. The Hall–Kier alpha value is -1.06. The maximum absolute atomic E-state index is 5.46. The van der Waals surface area contributed by atoms with E-state index in [-0.39, 0.29) is 0 Å². The van der Waals surface area contributed by atoms with Gasteiger partial charge in [0.05, 0.1) is 6.61 Å². The monoisotopic (exact) mass is 278 g/mol. The summed E-state index contributed by atoms with van der Waals surface area (Å²) in [4.78, 5) is 2.29. The van der Waals surface area contributed by atoms with Crippen molar-refractivity contribution >= 4 is 5.69 Å². The third kappa shape index (κ3) is 5.14. The number of anilines is 1. The smallest absolute Gasteiger partial charge is 0.0641 e. The van der Waals surface area contributed by atoms with Crippen molar-refractivity contribution < 1.29 is 4.74 Å². The number of nitrogens with zero attached hydrogens (tertiary/aromatic N) is 1. The second-order valence-electron chi connectivity index (χ2n) is 5.09. The van der Waals surface area contributed by atoms with Crippen LogP contribution in [0.4, 0.5) is 5.69 Å². The van der Waals surface area contributed by atoms with Gasteiger partial charge in [-0.3, -0.25) is 0 Å². The van der Waals surface area contributed by atoms with Gasteiger partial charge in [0, 0.05) is 31.9 Å². The fourth-order valence-electron chi connectivity index (χ4n) is 2.39. The molecule has 0 saturated carbocycles. The highest BCUT2D eigenvalue weighted by Crippen LogP contribution is 2.27. The lowest BCUT2D eigenvalue weighted by atomic mass is 10.0. The highest BCUT2D eigenvalue weighted by atomic mass is 16.5. The van der Waals surface area contributed by atoms with Crippen molar-refractivity contribution in [3.05, 3.63) is 29.8 Å². The van der Waals surface area contributed by atoms with Gasteiger partial charge in [-0.25, -0.2) is 0 Å². The van der Waals surface area contributed by atoms with Crippen LogP contribution in [0.2, 0.25) is 0 Å². The van der Waals surface area contributed by atoms with Crippen LogP contribution in [-0.4, -0.2) is 33.4 Å². The van der Waals surface area contributed by atoms with E-state index in [4.69, 9.17) is 4.74 Å². The molecule has 0 bridgehead atoms. The zero-order valence-corrected chi connectivity index (χ0v) is 13.5. The second kappa shape index (κ2) is 9.78. The zero-order chi connectivity index (χ0) is 14.8. The van der Waals surface area contributed by atoms with Crippen molar-refractivity contribution in [3.63, 3.8) is 0 Å². The first-order valence-electron chi connectivity index (χ1n) is 7.85. The highest BCUT2D eigenvalue weighted by Gasteiger charge is 2.14. The van der Waals surface area contributed by atoms with Crippen molar-refractivity contribution in [2.75, 3.05) is 38.3 Å². The first kappa shape index (κ1) is 17.0. The molecule has 1 N–H and O–H groups in total. The van der Waals surface area contributed by atoms with Crippen LogP contribution in [-0.2, 0) is 4.74 Å². The van der Waals surface area contributed by atoms with Gasteiger partial charge in [0.1, 0.15) is 0 Å². The first-order valence-corrected chi connectivity index (χ1v) is 7.85. The second-order valence-corrected chi connectivity index (χ2v) is 5.09. The van der Waals surface area contributed by atoms with Gasteiger partial charge in [0.2, 0.25) is 0 Å². The first-order chi connectivity index (χ1) is 9.74. The third-order valence-corrected chi connectivity index (χ3v) is 3.55. The topological polar surface area (TPSA) is 24.5 Å². The van der Waals surface area contributed by atoms with Gasteiger partial charge in [0.25, 0.3) is 0 Å². The summed E-state index contributed by atoms with van der Waals surface area (Å²) in [5.74, 6) is 0. The lowest BCUT2D eigenvalue weighted by Gasteiger charge is -2.26. The molecule has 1 atom stereocenters. The fourth-order valence-corrected chi connectivity index (χ4v) is 2.39. The maximum Gasteiger partial charge on any atom is 0.0641 e. The van der Waals surface area contributed by atoms with E-state index in [1.165, 1.54) is 17.7 Å². The summed E-state index contributed by atoms with van der Waals surface area (Å²) >= 11 is 0. The molecule has 0 aliphatic rings. The minimum Gasteiger partial charge on any atom is -0.380 e. The Kier molecular flexibility index (Phi) is 8.31. The molecule has 3 nitrogen and oxygen atoms in total. The number of rotatable bonds is 10. The summed E-state index contributed by atoms with van der Waals surface area (Å²) in [6, 6.07) is 9.12. The van der Waals surface area contributed by atoms with Gasteiger partial charge >= 0.3 is 0 Å². The lowest BCUT2D eigenvalue weighted by Crippen LogP contribution is -2.27. The van der Waals surface area contributed by atoms with Crippen LogP contribution in [0, 0.1) is 0 Å². The van der Waals surface area contributed by atoms with Crippen LogP contribution in [0.25, 0.3) is 0 Å². The molecule has 1 aromatic rings. The Labute approximate surface area is 124 Å². The predicted molar refractivity (Wildman–Crippen MR) is 87.5 cm³/mol. The number of hydrogen-bond acceptors (Lipinski definition) is 3. The Bertz CT molecular complexity index is 368. The molecule has 114 valence electrons. The van der Waals surface area contributed by atoms with E-state index >= 15 is 0 Å². The van der Waals surface area contributed by atoms with Gasteiger partial charge in [-0.1, -0.05) is 32.0 Å². The molecule has 0 aliphatic carbocycles. The van der Waals surface area contributed by atoms with E-state index in [0.29, 0.717) is 6.04 Å². The Morgan fingerprint density at radius 1 is 1.20 bits per heavy atom. The SMILES string of the molecule is CCCNC(CC)c1ccccc1N(C)CCOCC. The molecular weight excluding hydrogens is 248 g/mol. The summed E-state index contributed by atoms with van der Waals surface area (Å²) in [6.07, 6.45) is 2.27. The summed E-state index contributed by atoms with van der Waals surface area (Å²) in [5, 5.41) is 3.64. The minimum absolute atomic E-state index is 0.431. The lowest BCUT2D eigenvalue weighted by molar-refractivity contribution is 0.154. The van der Waals surface area contributed by atoms with E-state index in [1.54, 1.807) is 0 Å². The van der Waals surface area contributed by atoms with Crippen molar-refractivity contribution in [2.45, 2.75) is 39.7 Å². The molecule has 3 heteroatoms. The van der Waals surface area contributed by atoms with Gasteiger partial charge in [-0.05, 0) is 37.9 Å². The zero-order valence-electron chi connectivity index (χ0n) is 13.5. The standard InChI is InChI=1S/C17H30N2O/c1-5-12-18-16(6-2)15-10-8-9-11-17(15)19(4)13-14-20-7-3/h8-11,16,18H,5-7,12-14H2,1-4H3. The van der Waals surface area contributed by atoms with E-state index < -0.39 is 0 Å². The van der Waals surface area contributed by atoms with Gasteiger partial charge in [-0.15, -0.1) is 0 Å². The van der Waals surface area contributed by atoms with E-state index in [1.807, 2.05) is 6.92 Å². The predicted octanol–water partition coefficient (Wildman–Crippen LogP) is 3.61. The molecule has 1 unspecified atom stereocenters. The molecule has 0 amide bonds. The number of para-hydroxylation sites is 1. The number of benzene rings is 1. The van der Waals surface area contributed by atoms with Crippen molar-refractivity contribution in [3.8, 4) is 0 Å². The minimum atomic E-state index is 0.431. The van der Waals surface area contributed by atoms with Crippen LogP contribution >= 0.6 is 0 Å².